The number of nitrogens with zero attached hydrogens (tertiary/aromatic N) is 1. The standard InChI is InChI=1S/C10H17BrN2O2/c1-10(2,9(12)15)6-13-5-3-4-7(11)8(13)14/h7H,3-6H2,1-2H3,(H2,12,15). The number of carbonyl (C=O) groups excluding carboxylic acids is 2. The summed E-state index contributed by atoms with van der Waals surface area (Å²) in [6.45, 7) is 4.65. The molecule has 2 amide bonds. The Morgan fingerprint density at radius 3 is 2.80 bits per heavy atom. The maximum atomic E-state index is 11.8. The molecule has 1 aliphatic heterocycles. The van der Waals surface area contributed by atoms with E-state index in [0.29, 0.717) is 6.54 Å². The number of carbonyl (C=O) groups is 2. The number of piperidine rings is 1. The van der Waals surface area contributed by atoms with E-state index >= 15 is 0 Å². The third-order valence-corrected chi connectivity index (χ3v) is 3.57. The van der Waals surface area contributed by atoms with Crippen molar-refractivity contribution in [3.8, 4) is 0 Å². The summed E-state index contributed by atoms with van der Waals surface area (Å²) in [4.78, 5) is 24.5. The van der Waals surface area contributed by atoms with Crippen LogP contribution in [0.3, 0.4) is 0 Å². The Labute approximate surface area is 98.3 Å². The summed E-state index contributed by atoms with van der Waals surface area (Å²) >= 11 is 3.33. The normalized spacial score (nSPS) is 23.0. The van der Waals surface area contributed by atoms with Crippen LogP contribution in [-0.2, 0) is 9.59 Å². The first-order valence-corrected chi connectivity index (χ1v) is 5.99. The highest BCUT2D eigenvalue weighted by atomic mass is 79.9. The molecule has 86 valence electrons. The number of alkyl halides is 1. The zero-order chi connectivity index (χ0) is 11.6. The number of amides is 2. The molecule has 2 N–H and O–H groups in total. The molecule has 5 heteroatoms. The van der Waals surface area contributed by atoms with Crippen molar-refractivity contribution in [2.45, 2.75) is 31.5 Å². The highest BCUT2D eigenvalue weighted by molar-refractivity contribution is 9.10. The van der Waals surface area contributed by atoms with E-state index in [1.54, 1.807) is 18.7 Å². The molecule has 0 spiro atoms. The van der Waals surface area contributed by atoms with Gasteiger partial charge in [0, 0.05) is 13.1 Å². The largest absolute Gasteiger partial charge is 0.369 e. The summed E-state index contributed by atoms with van der Waals surface area (Å²) in [5.74, 6) is -0.303. The Hall–Kier alpha value is -0.580. The predicted octanol–water partition coefficient (Wildman–Crippen LogP) is 0.884. The Bertz CT molecular complexity index is 279. The van der Waals surface area contributed by atoms with Crippen LogP contribution in [0, 0.1) is 5.41 Å². The van der Waals surface area contributed by atoms with Crippen molar-refractivity contribution in [3.63, 3.8) is 0 Å². The summed E-state index contributed by atoms with van der Waals surface area (Å²) in [6.07, 6.45) is 1.84. The van der Waals surface area contributed by atoms with Crippen molar-refractivity contribution >= 4 is 27.7 Å². The Morgan fingerprint density at radius 2 is 2.27 bits per heavy atom. The van der Waals surface area contributed by atoms with Gasteiger partial charge in [-0.05, 0) is 26.7 Å². The lowest BCUT2D eigenvalue weighted by Gasteiger charge is -2.34. The van der Waals surface area contributed by atoms with Crippen LogP contribution in [-0.4, -0.2) is 34.6 Å². The minimum absolute atomic E-state index is 0.0653. The van der Waals surface area contributed by atoms with Gasteiger partial charge < -0.3 is 10.6 Å². The molecule has 0 bridgehead atoms. The van der Waals surface area contributed by atoms with Crippen LogP contribution in [0.15, 0.2) is 0 Å². The van der Waals surface area contributed by atoms with Crippen molar-refractivity contribution in [1.29, 1.82) is 0 Å². The molecule has 0 aromatic heterocycles. The van der Waals surface area contributed by atoms with Crippen molar-refractivity contribution in [2.75, 3.05) is 13.1 Å². The lowest BCUT2D eigenvalue weighted by Crippen LogP contribution is -2.49. The minimum atomic E-state index is -0.653. The lowest BCUT2D eigenvalue weighted by molar-refractivity contribution is -0.136. The van der Waals surface area contributed by atoms with Crippen LogP contribution in [0.4, 0.5) is 0 Å². The van der Waals surface area contributed by atoms with Crippen molar-refractivity contribution in [1.82, 2.24) is 4.90 Å². The topological polar surface area (TPSA) is 63.4 Å². The first-order valence-electron chi connectivity index (χ1n) is 5.07. The third-order valence-electron chi connectivity index (χ3n) is 2.72. The van der Waals surface area contributed by atoms with Gasteiger partial charge in [0.2, 0.25) is 11.8 Å². The molecule has 0 aromatic carbocycles. The van der Waals surface area contributed by atoms with E-state index in [-0.39, 0.29) is 16.6 Å². The SMILES string of the molecule is CC(C)(CN1CCCC(Br)C1=O)C(N)=O. The van der Waals surface area contributed by atoms with Crippen molar-refractivity contribution < 1.29 is 9.59 Å². The second kappa shape index (κ2) is 4.51. The van der Waals surface area contributed by atoms with Gasteiger partial charge in [0.1, 0.15) is 0 Å². The molecule has 0 saturated carbocycles. The molecule has 0 aromatic rings. The molecule has 15 heavy (non-hydrogen) atoms. The number of nitrogens with two attached hydrogens (primary N) is 1. The molecule has 1 heterocycles. The summed E-state index contributed by atoms with van der Waals surface area (Å²) in [7, 11) is 0. The van der Waals surface area contributed by atoms with Gasteiger partial charge in [0.25, 0.3) is 0 Å². The van der Waals surface area contributed by atoms with Crippen LogP contribution in [0.5, 0.6) is 0 Å². The van der Waals surface area contributed by atoms with Crippen LogP contribution in [0.2, 0.25) is 0 Å². The van der Waals surface area contributed by atoms with E-state index in [2.05, 4.69) is 15.9 Å². The molecule has 1 atom stereocenters. The first-order chi connectivity index (χ1) is 6.84. The zero-order valence-corrected chi connectivity index (χ0v) is 10.7. The molecule has 4 nitrogen and oxygen atoms in total. The summed E-state index contributed by atoms with van der Waals surface area (Å²) < 4.78 is 0. The van der Waals surface area contributed by atoms with E-state index in [1.165, 1.54) is 0 Å². The second-order valence-electron chi connectivity index (χ2n) is 4.62. The van der Waals surface area contributed by atoms with Gasteiger partial charge in [0.05, 0.1) is 10.2 Å². The Morgan fingerprint density at radius 1 is 1.67 bits per heavy atom. The van der Waals surface area contributed by atoms with Gasteiger partial charge in [-0.3, -0.25) is 9.59 Å². The highest BCUT2D eigenvalue weighted by Crippen LogP contribution is 2.23. The molecular weight excluding hydrogens is 260 g/mol. The van der Waals surface area contributed by atoms with E-state index < -0.39 is 5.41 Å². The van der Waals surface area contributed by atoms with E-state index in [9.17, 15) is 9.59 Å². The average Bonchev–Trinajstić information content (AvgIpc) is 2.12. The van der Waals surface area contributed by atoms with Gasteiger partial charge in [0.15, 0.2) is 0 Å². The summed E-state index contributed by atoms with van der Waals surface area (Å²) in [5, 5.41) is 0. The zero-order valence-electron chi connectivity index (χ0n) is 9.12. The molecule has 1 rings (SSSR count). The van der Waals surface area contributed by atoms with Crippen LogP contribution in [0.1, 0.15) is 26.7 Å². The van der Waals surface area contributed by atoms with Gasteiger partial charge in [-0.2, -0.15) is 0 Å². The van der Waals surface area contributed by atoms with Crippen LogP contribution in [0.25, 0.3) is 0 Å². The third kappa shape index (κ3) is 2.93. The van der Waals surface area contributed by atoms with E-state index in [0.717, 1.165) is 19.4 Å². The lowest BCUT2D eigenvalue weighted by atomic mass is 9.91. The number of hydrogen-bond donors (Lipinski definition) is 1. The molecule has 1 fully saturated rings. The Kier molecular flexibility index (Phi) is 3.76. The molecule has 1 unspecified atom stereocenters. The number of halogens is 1. The Balaban J connectivity index is 2.65. The van der Waals surface area contributed by atoms with Gasteiger partial charge in [-0.25, -0.2) is 0 Å². The molecule has 0 aliphatic carbocycles. The summed E-state index contributed by atoms with van der Waals surface area (Å²) in [6, 6.07) is 0. The highest BCUT2D eigenvalue weighted by Gasteiger charge is 2.33. The van der Waals surface area contributed by atoms with Gasteiger partial charge in [-0.15, -0.1) is 0 Å². The van der Waals surface area contributed by atoms with Crippen molar-refractivity contribution in [2.24, 2.45) is 11.1 Å². The fourth-order valence-electron chi connectivity index (χ4n) is 1.61. The van der Waals surface area contributed by atoms with E-state index in [1.807, 2.05) is 0 Å². The quantitative estimate of drug-likeness (QED) is 0.778. The fourth-order valence-corrected chi connectivity index (χ4v) is 2.22. The number of hydrogen-bond acceptors (Lipinski definition) is 2. The maximum absolute atomic E-state index is 11.8. The first kappa shape index (κ1) is 12.5. The molecule has 1 saturated heterocycles. The van der Waals surface area contributed by atoms with Gasteiger partial charge >= 0.3 is 0 Å². The second-order valence-corrected chi connectivity index (χ2v) is 5.72. The molecule has 0 radical (unpaired) electrons. The number of rotatable bonds is 3. The summed E-state index contributed by atoms with van der Waals surface area (Å²) in [5.41, 5.74) is 4.63. The smallest absolute Gasteiger partial charge is 0.236 e. The van der Waals surface area contributed by atoms with Crippen LogP contribution >= 0.6 is 15.9 Å². The fraction of sp³-hybridized carbons (Fsp3) is 0.800. The predicted molar refractivity (Wildman–Crippen MR) is 61.5 cm³/mol. The van der Waals surface area contributed by atoms with Crippen molar-refractivity contribution in [3.05, 3.63) is 0 Å². The average molecular weight is 277 g/mol. The molecular formula is C10H17BrN2O2. The maximum Gasteiger partial charge on any atom is 0.236 e. The van der Waals surface area contributed by atoms with E-state index in [4.69, 9.17) is 5.73 Å². The monoisotopic (exact) mass is 276 g/mol. The minimum Gasteiger partial charge on any atom is -0.369 e. The number of primary amides is 1. The van der Waals surface area contributed by atoms with Crippen LogP contribution < -0.4 is 5.73 Å². The number of likely N-dealkylation sites (tertiary alicyclic amines) is 1. The molecule has 1 aliphatic rings. The van der Waals surface area contributed by atoms with Gasteiger partial charge in [-0.1, -0.05) is 15.9 Å².